The number of carbonyl (C=O) groups excluding carboxylic acids is 1. The van der Waals surface area contributed by atoms with Crippen molar-refractivity contribution in [3.05, 3.63) is 22.4 Å². The minimum absolute atomic E-state index is 0.118. The first-order valence-corrected chi connectivity index (χ1v) is 6.89. The van der Waals surface area contributed by atoms with Crippen molar-refractivity contribution in [2.75, 3.05) is 6.54 Å². The van der Waals surface area contributed by atoms with Crippen LogP contribution >= 0.6 is 11.3 Å². The van der Waals surface area contributed by atoms with E-state index in [4.69, 9.17) is 5.11 Å². The summed E-state index contributed by atoms with van der Waals surface area (Å²) in [6.07, 6.45) is 0.903. The third kappa shape index (κ3) is 5.31. The van der Waals surface area contributed by atoms with Gasteiger partial charge < -0.3 is 10.4 Å². The largest absolute Gasteiger partial charge is 0.481 e. The van der Waals surface area contributed by atoms with Crippen molar-refractivity contribution in [2.24, 2.45) is 11.8 Å². The van der Waals surface area contributed by atoms with Gasteiger partial charge in [-0.25, -0.2) is 0 Å². The maximum atomic E-state index is 11.6. The van der Waals surface area contributed by atoms with Crippen LogP contribution in [-0.4, -0.2) is 23.5 Å². The number of hydrogen-bond donors (Lipinski definition) is 2. The molecule has 0 radical (unpaired) electrons. The molecule has 0 aromatic carbocycles. The molecule has 4 nitrogen and oxygen atoms in total. The molecular weight excluding hydrogens is 250 g/mol. The van der Waals surface area contributed by atoms with Gasteiger partial charge in [-0.3, -0.25) is 9.59 Å². The van der Waals surface area contributed by atoms with E-state index in [1.165, 1.54) is 11.3 Å². The number of nitrogens with one attached hydrogen (secondary N) is 1. The first kappa shape index (κ1) is 14.7. The zero-order chi connectivity index (χ0) is 13.5. The molecule has 0 aliphatic carbocycles. The molecule has 5 heteroatoms. The van der Waals surface area contributed by atoms with E-state index >= 15 is 0 Å². The van der Waals surface area contributed by atoms with Gasteiger partial charge in [-0.1, -0.05) is 19.9 Å². The fraction of sp³-hybridized carbons (Fsp3) is 0.538. The topological polar surface area (TPSA) is 66.4 Å². The van der Waals surface area contributed by atoms with Crippen LogP contribution in [0.15, 0.2) is 17.5 Å². The lowest BCUT2D eigenvalue weighted by Gasteiger charge is -2.15. The number of carbonyl (C=O) groups is 2. The van der Waals surface area contributed by atoms with Gasteiger partial charge in [0.1, 0.15) is 0 Å². The molecule has 0 saturated carbocycles. The van der Waals surface area contributed by atoms with E-state index < -0.39 is 11.9 Å². The molecule has 2 N–H and O–H groups in total. The Kier molecular flexibility index (Phi) is 5.85. The van der Waals surface area contributed by atoms with Crippen LogP contribution < -0.4 is 5.32 Å². The molecular formula is C13H19NO3S. The van der Waals surface area contributed by atoms with Crippen LogP contribution in [0.25, 0.3) is 0 Å². The molecule has 1 atom stereocenters. The fourth-order valence-electron chi connectivity index (χ4n) is 1.71. The zero-order valence-electron chi connectivity index (χ0n) is 10.7. The molecule has 1 heterocycles. The predicted molar refractivity (Wildman–Crippen MR) is 71.6 cm³/mol. The molecule has 1 rings (SSSR count). The molecule has 0 bridgehead atoms. The predicted octanol–water partition coefficient (Wildman–Crippen LogP) is 2.15. The highest BCUT2D eigenvalue weighted by Gasteiger charge is 2.19. The first-order chi connectivity index (χ1) is 8.49. The molecule has 0 spiro atoms. The first-order valence-electron chi connectivity index (χ1n) is 6.01. The van der Waals surface area contributed by atoms with Gasteiger partial charge in [0.15, 0.2) is 0 Å². The smallest absolute Gasteiger partial charge is 0.308 e. The van der Waals surface area contributed by atoms with Gasteiger partial charge in [-0.05, 0) is 23.8 Å². The summed E-state index contributed by atoms with van der Waals surface area (Å²) in [5.41, 5.74) is 0. The highest BCUT2D eigenvalue weighted by molar-refractivity contribution is 7.10. The Labute approximate surface area is 111 Å². The number of hydrogen-bond acceptors (Lipinski definition) is 3. The van der Waals surface area contributed by atoms with Gasteiger partial charge in [-0.15, -0.1) is 11.3 Å². The van der Waals surface area contributed by atoms with Crippen molar-refractivity contribution >= 4 is 23.2 Å². The summed E-state index contributed by atoms with van der Waals surface area (Å²) in [6, 6.07) is 3.79. The summed E-state index contributed by atoms with van der Waals surface area (Å²) < 4.78 is 0. The monoisotopic (exact) mass is 269 g/mol. The quantitative estimate of drug-likeness (QED) is 0.797. The number of thiophene rings is 1. The fourth-order valence-corrected chi connectivity index (χ4v) is 2.41. The van der Waals surface area contributed by atoms with E-state index in [1.54, 1.807) is 0 Å². The van der Waals surface area contributed by atoms with Crippen LogP contribution in [0, 0.1) is 11.8 Å². The van der Waals surface area contributed by atoms with Crippen molar-refractivity contribution in [1.82, 2.24) is 5.32 Å². The maximum Gasteiger partial charge on any atom is 0.308 e. The van der Waals surface area contributed by atoms with Crippen molar-refractivity contribution in [2.45, 2.75) is 26.7 Å². The van der Waals surface area contributed by atoms with Gasteiger partial charge in [0.25, 0.3) is 0 Å². The second kappa shape index (κ2) is 7.16. The molecule has 100 valence electrons. The summed E-state index contributed by atoms with van der Waals surface area (Å²) in [4.78, 5) is 23.6. The summed E-state index contributed by atoms with van der Waals surface area (Å²) in [6.45, 7) is 4.16. The second-order valence-corrected chi connectivity index (χ2v) is 5.76. The van der Waals surface area contributed by atoms with Crippen molar-refractivity contribution in [3.63, 3.8) is 0 Å². The highest BCUT2D eigenvalue weighted by Crippen LogP contribution is 2.12. The van der Waals surface area contributed by atoms with Gasteiger partial charge >= 0.3 is 5.97 Å². The average Bonchev–Trinajstić information content (AvgIpc) is 2.76. The third-order valence-electron chi connectivity index (χ3n) is 2.57. The lowest BCUT2D eigenvalue weighted by atomic mass is 9.97. The summed E-state index contributed by atoms with van der Waals surface area (Å²) in [5, 5.41) is 13.7. The van der Waals surface area contributed by atoms with E-state index in [-0.39, 0.29) is 12.5 Å². The van der Waals surface area contributed by atoms with Gasteiger partial charge in [0, 0.05) is 11.4 Å². The number of amides is 1. The number of carboxylic acid groups (broad SMARTS) is 1. The van der Waals surface area contributed by atoms with Crippen molar-refractivity contribution < 1.29 is 14.7 Å². The number of carboxylic acids is 1. The molecule has 1 unspecified atom stereocenters. The van der Waals surface area contributed by atoms with Crippen molar-refractivity contribution in [1.29, 1.82) is 0 Å². The van der Waals surface area contributed by atoms with Gasteiger partial charge in [0.05, 0.1) is 12.3 Å². The number of aliphatic carboxylic acids is 1. The lowest BCUT2D eigenvalue weighted by Crippen LogP contribution is -2.34. The Hall–Kier alpha value is -1.36. The molecule has 1 aromatic rings. The van der Waals surface area contributed by atoms with E-state index in [0.717, 1.165) is 4.88 Å². The summed E-state index contributed by atoms with van der Waals surface area (Å²) in [5.74, 6) is -1.16. The molecule has 1 amide bonds. The van der Waals surface area contributed by atoms with Crippen LogP contribution in [0.4, 0.5) is 0 Å². The van der Waals surface area contributed by atoms with Gasteiger partial charge in [-0.2, -0.15) is 0 Å². The Bertz CT molecular complexity index is 387. The summed E-state index contributed by atoms with van der Waals surface area (Å²) >= 11 is 1.53. The zero-order valence-corrected chi connectivity index (χ0v) is 11.5. The maximum absolute atomic E-state index is 11.6. The molecule has 0 fully saturated rings. The summed E-state index contributed by atoms with van der Waals surface area (Å²) in [7, 11) is 0. The average molecular weight is 269 g/mol. The molecule has 1 aromatic heterocycles. The van der Waals surface area contributed by atoms with Crippen LogP contribution in [0.1, 0.15) is 25.1 Å². The van der Waals surface area contributed by atoms with Crippen LogP contribution in [-0.2, 0) is 16.0 Å². The number of rotatable bonds is 7. The Morgan fingerprint density at radius 2 is 2.17 bits per heavy atom. The molecule has 18 heavy (non-hydrogen) atoms. The minimum Gasteiger partial charge on any atom is -0.481 e. The SMILES string of the molecule is CC(C)CC(CNC(=O)Cc1cccs1)C(=O)O. The van der Waals surface area contributed by atoms with Gasteiger partial charge in [0.2, 0.25) is 5.91 Å². The Balaban J connectivity index is 2.37. The van der Waals surface area contributed by atoms with Crippen LogP contribution in [0.2, 0.25) is 0 Å². The minimum atomic E-state index is -0.847. The standard InChI is InChI=1S/C13H19NO3S/c1-9(2)6-10(13(16)17)8-14-12(15)7-11-4-3-5-18-11/h3-5,9-10H,6-8H2,1-2H3,(H,14,15)(H,16,17). The van der Waals surface area contributed by atoms with Crippen molar-refractivity contribution in [3.8, 4) is 0 Å². The van der Waals surface area contributed by atoms with E-state index in [9.17, 15) is 9.59 Å². The van der Waals surface area contributed by atoms with E-state index in [1.807, 2.05) is 31.4 Å². The normalized spacial score (nSPS) is 12.4. The molecule has 0 aliphatic heterocycles. The lowest BCUT2D eigenvalue weighted by molar-refractivity contribution is -0.142. The van der Waals surface area contributed by atoms with E-state index in [0.29, 0.717) is 18.8 Å². The van der Waals surface area contributed by atoms with Crippen LogP contribution in [0.3, 0.4) is 0 Å². The highest BCUT2D eigenvalue weighted by atomic mass is 32.1. The molecule has 0 aliphatic rings. The second-order valence-electron chi connectivity index (χ2n) is 4.72. The third-order valence-corrected chi connectivity index (χ3v) is 3.44. The molecule has 0 saturated heterocycles. The Morgan fingerprint density at radius 1 is 1.44 bits per heavy atom. The Morgan fingerprint density at radius 3 is 2.67 bits per heavy atom. The van der Waals surface area contributed by atoms with Crippen LogP contribution in [0.5, 0.6) is 0 Å². The van der Waals surface area contributed by atoms with E-state index in [2.05, 4.69) is 5.32 Å².